The molecule has 2 atom stereocenters. The fraction of sp³-hybridized carbons (Fsp3) is 0.421. The molecule has 2 heterocycles. The van der Waals surface area contributed by atoms with E-state index in [1.165, 1.54) is 0 Å². The summed E-state index contributed by atoms with van der Waals surface area (Å²) in [5.41, 5.74) is 1.73. The number of ether oxygens (including phenoxy) is 1. The Bertz CT molecular complexity index is 947. The van der Waals surface area contributed by atoms with Gasteiger partial charge in [-0.1, -0.05) is 19.1 Å². The summed E-state index contributed by atoms with van der Waals surface area (Å²) in [6.07, 6.45) is -3.75. The third-order valence-corrected chi connectivity index (χ3v) is 4.88. The van der Waals surface area contributed by atoms with Crippen LogP contribution in [0.4, 0.5) is 19.1 Å². The van der Waals surface area contributed by atoms with Crippen LogP contribution in [0.3, 0.4) is 0 Å². The van der Waals surface area contributed by atoms with Gasteiger partial charge in [0, 0.05) is 17.7 Å². The second kappa shape index (κ2) is 6.65. The van der Waals surface area contributed by atoms with Gasteiger partial charge in [0.15, 0.2) is 5.78 Å². The van der Waals surface area contributed by atoms with Crippen LogP contribution in [0.5, 0.6) is 5.75 Å². The maximum atomic E-state index is 13.2. The third kappa shape index (κ3) is 3.14. The van der Waals surface area contributed by atoms with E-state index in [9.17, 15) is 18.0 Å². The first kappa shape index (κ1) is 18.5. The van der Waals surface area contributed by atoms with E-state index in [-0.39, 0.29) is 17.6 Å². The van der Waals surface area contributed by atoms with Crippen LogP contribution < -0.4 is 10.1 Å². The van der Waals surface area contributed by atoms with Gasteiger partial charge >= 0.3 is 6.18 Å². The molecule has 1 aromatic carbocycles. The van der Waals surface area contributed by atoms with E-state index in [4.69, 9.17) is 4.74 Å². The Morgan fingerprint density at radius 2 is 1.96 bits per heavy atom. The fourth-order valence-corrected chi connectivity index (χ4v) is 3.75. The Kier molecular flexibility index (Phi) is 4.40. The Labute approximate surface area is 159 Å². The quantitative estimate of drug-likeness (QED) is 0.856. The number of anilines is 1. The van der Waals surface area contributed by atoms with Gasteiger partial charge in [0.05, 0.1) is 6.61 Å². The third-order valence-electron chi connectivity index (χ3n) is 4.88. The predicted molar refractivity (Wildman–Crippen MR) is 94.8 cm³/mol. The highest BCUT2D eigenvalue weighted by atomic mass is 19.4. The lowest BCUT2D eigenvalue weighted by molar-refractivity contribution is -0.145. The number of benzene rings is 1. The summed E-state index contributed by atoms with van der Waals surface area (Å²) in [5.74, 6) is -0.572. The van der Waals surface area contributed by atoms with Gasteiger partial charge in [0.2, 0.25) is 5.95 Å². The lowest BCUT2D eigenvalue weighted by Gasteiger charge is -2.34. The lowest BCUT2D eigenvalue weighted by atomic mass is 9.81. The van der Waals surface area contributed by atoms with E-state index in [2.05, 4.69) is 15.4 Å². The number of carbonyl (C=O) groups is 1. The van der Waals surface area contributed by atoms with E-state index in [0.29, 0.717) is 42.0 Å². The SMILES string of the molecule is CCOc1ccc([C@@H]2C3=C(C[C@H](C)CC3=O)Nc3nc(C(F)(F)F)nn32)cc1. The van der Waals surface area contributed by atoms with Crippen LogP contribution in [0.2, 0.25) is 0 Å². The summed E-state index contributed by atoms with van der Waals surface area (Å²) in [6, 6.07) is 6.20. The molecule has 1 aliphatic heterocycles. The van der Waals surface area contributed by atoms with Crippen LogP contribution in [0.15, 0.2) is 35.5 Å². The highest BCUT2D eigenvalue weighted by molar-refractivity contribution is 5.99. The van der Waals surface area contributed by atoms with E-state index in [1.54, 1.807) is 24.3 Å². The van der Waals surface area contributed by atoms with Crippen molar-refractivity contribution in [1.82, 2.24) is 14.8 Å². The average Bonchev–Trinajstić information content (AvgIpc) is 3.05. The van der Waals surface area contributed by atoms with Gasteiger partial charge < -0.3 is 10.1 Å². The average molecular weight is 392 g/mol. The first-order valence-electron chi connectivity index (χ1n) is 9.07. The van der Waals surface area contributed by atoms with Crippen LogP contribution >= 0.6 is 0 Å². The molecule has 1 N–H and O–H groups in total. The molecule has 28 heavy (non-hydrogen) atoms. The van der Waals surface area contributed by atoms with Crippen LogP contribution in [-0.4, -0.2) is 27.2 Å². The summed E-state index contributed by atoms with van der Waals surface area (Å²) >= 11 is 0. The zero-order valence-electron chi connectivity index (χ0n) is 15.4. The van der Waals surface area contributed by atoms with E-state index >= 15 is 0 Å². The number of nitrogens with one attached hydrogen (secondary N) is 1. The number of ketones is 1. The van der Waals surface area contributed by atoms with Crippen molar-refractivity contribution in [3.63, 3.8) is 0 Å². The Morgan fingerprint density at radius 1 is 1.25 bits per heavy atom. The number of allylic oxidation sites excluding steroid dienone is 2. The number of halogens is 3. The number of rotatable bonds is 3. The van der Waals surface area contributed by atoms with Crippen molar-refractivity contribution in [3.8, 4) is 5.75 Å². The molecule has 0 saturated heterocycles. The van der Waals surface area contributed by atoms with Crippen LogP contribution in [0, 0.1) is 5.92 Å². The highest BCUT2D eigenvalue weighted by Gasteiger charge is 2.42. The van der Waals surface area contributed by atoms with Crippen molar-refractivity contribution in [2.75, 3.05) is 11.9 Å². The molecule has 2 aromatic rings. The number of Topliss-reactive ketones (excluding diaryl/α,β-unsaturated/α-hetero) is 1. The van der Waals surface area contributed by atoms with Gasteiger partial charge in [0.25, 0.3) is 5.82 Å². The molecule has 2 aliphatic rings. The summed E-state index contributed by atoms with van der Waals surface area (Å²) in [6.45, 7) is 4.30. The molecule has 0 spiro atoms. The number of hydrogen-bond acceptors (Lipinski definition) is 5. The Balaban J connectivity index is 1.84. The van der Waals surface area contributed by atoms with Crippen LogP contribution in [-0.2, 0) is 11.0 Å². The summed E-state index contributed by atoms with van der Waals surface area (Å²) in [5, 5.41) is 6.59. The Hall–Kier alpha value is -2.84. The second-order valence-corrected chi connectivity index (χ2v) is 7.06. The number of aromatic nitrogens is 3. The molecule has 148 valence electrons. The minimum Gasteiger partial charge on any atom is -0.494 e. The molecule has 1 aliphatic carbocycles. The predicted octanol–water partition coefficient (Wildman–Crippen LogP) is 3.96. The van der Waals surface area contributed by atoms with Crippen LogP contribution in [0.1, 0.15) is 44.1 Å². The van der Waals surface area contributed by atoms with Crippen molar-refractivity contribution >= 4 is 11.7 Å². The molecule has 0 amide bonds. The van der Waals surface area contributed by atoms with Gasteiger partial charge in [-0.2, -0.15) is 18.2 Å². The molecular formula is C19H19F3N4O2. The first-order chi connectivity index (χ1) is 13.3. The van der Waals surface area contributed by atoms with Gasteiger partial charge in [-0.25, -0.2) is 4.68 Å². The summed E-state index contributed by atoms with van der Waals surface area (Å²) in [4.78, 5) is 16.4. The van der Waals surface area contributed by atoms with Gasteiger partial charge in [-0.05, 0) is 37.0 Å². The minimum atomic E-state index is -4.67. The number of hydrogen-bond donors (Lipinski definition) is 1. The molecule has 4 rings (SSSR count). The van der Waals surface area contributed by atoms with Crippen molar-refractivity contribution in [2.45, 2.75) is 38.9 Å². The molecule has 6 nitrogen and oxygen atoms in total. The standard InChI is InChI=1S/C19H19F3N4O2/c1-3-28-12-6-4-11(5-7-12)16-15-13(8-10(2)9-14(15)27)23-18-24-17(19(20,21)22)25-26(16)18/h4-7,10,16H,3,8-9H2,1-2H3,(H,23,24,25)/t10-,16+/m0/s1. The molecular weight excluding hydrogens is 373 g/mol. The van der Waals surface area contributed by atoms with Crippen molar-refractivity contribution < 1.29 is 22.7 Å². The number of nitrogens with zero attached hydrogens (tertiary/aromatic N) is 3. The molecule has 9 heteroatoms. The zero-order chi connectivity index (χ0) is 20.1. The first-order valence-corrected chi connectivity index (χ1v) is 9.07. The monoisotopic (exact) mass is 392 g/mol. The van der Waals surface area contributed by atoms with E-state index in [1.807, 2.05) is 13.8 Å². The molecule has 1 aromatic heterocycles. The lowest BCUT2D eigenvalue weighted by Crippen LogP contribution is -2.33. The summed E-state index contributed by atoms with van der Waals surface area (Å²) in [7, 11) is 0. The molecule has 0 radical (unpaired) electrons. The number of alkyl halides is 3. The maximum Gasteiger partial charge on any atom is 0.453 e. The minimum absolute atomic E-state index is 0.00754. The molecule has 0 fully saturated rings. The largest absolute Gasteiger partial charge is 0.494 e. The maximum absolute atomic E-state index is 13.2. The Morgan fingerprint density at radius 3 is 2.61 bits per heavy atom. The molecule has 0 unspecified atom stereocenters. The fourth-order valence-electron chi connectivity index (χ4n) is 3.75. The van der Waals surface area contributed by atoms with Crippen LogP contribution in [0.25, 0.3) is 0 Å². The topological polar surface area (TPSA) is 69.0 Å². The number of fused-ring (bicyclic) bond motifs is 1. The van der Waals surface area contributed by atoms with Gasteiger partial charge in [-0.3, -0.25) is 4.79 Å². The van der Waals surface area contributed by atoms with Crippen molar-refractivity contribution in [3.05, 3.63) is 46.9 Å². The van der Waals surface area contributed by atoms with Crippen molar-refractivity contribution in [1.29, 1.82) is 0 Å². The second-order valence-electron chi connectivity index (χ2n) is 7.06. The molecule has 0 saturated carbocycles. The smallest absolute Gasteiger partial charge is 0.453 e. The highest BCUT2D eigenvalue weighted by Crippen LogP contribution is 2.42. The number of carbonyl (C=O) groups excluding carboxylic acids is 1. The van der Waals surface area contributed by atoms with Gasteiger partial charge in [0.1, 0.15) is 11.8 Å². The van der Waals surface area contributed by atoms with Crippen molar-refractivity contribution in [2.24, 2.45) is 5.92 Å². The summed E-state index contributed by atoms with van der Waals surface area (Å²) < 4.78 is 46.2. The molecule has 0 bridgehead atoms. The van der Waals surface area contributed by atoms with Gasteiger partial charge in [-0.15, -0.1) is 5.10 Å². The van der Waals surface area contributed by atoms with E-state index < -0.39 is 18.0 Å². The van der Waals surface area contributed by atoms with E-state index in [0.717, 1.165) is 4.68 Å². The zero-order valence-corrected chi connectivity index (χ0v) is 15.4. The normalized spacial score (nSPS) is 21.8.